The summed E-state index contributed by atoms with van der Waals surface area (Å²) in [5.74, 6) is -0.717. The van der Waals surface area contributed by atoms with E-state index < -0.39 is 5.91 Å². The number of benzene rings is 1. The van der Waals surface area contributed by atoms with Gasteiger partial charge in [-0.1, -0.05) is 95.2 Å². The molecule has 0 spiro atoms. The monoisotopic (exact) mass is 493 g/mol. The minimum atomic E-state index is -0.421. The maximum atomic E-state index is 12.5. The third kappa shape index (κ3) is 9.77. The average Bonchev–Trinajstić information content (AvgIpc) is 3.11. The Labute approximate surface area is 209 Å². The summed E-state index contributed by atoms with van der Waals surface area (Å²) in [6.45, 7) is 2.99. The van der Waals surface area contributed by atoms with Crippen LogP contribution in [0.1, 0.15) is 89.5 Å². The van der Waals surface area contributed by atoms with Crippen molar-refractivity contribution >= 4 is 29.0 Å². The van der Waals surface area contributed by atoms with Gasteiger partial charge in [-0.2, -0.15) is 0 Å². The highest BCUT2D eigenvalue weighted by atomic mass is 35.5. The summed E-state index contributed by atoms with van der Waals surface area (Å²) in [6.07, 6.45) is 16.8. The lowest BCUT2D eigenvalue weighted by Crippen LogP contribution is -2.25. The van der Waals surface area contributed by atoms with Crippen molar-refractivity contribution in [1.29, 1.82) is 0 Å². The lowest BCUT2D eigenvalue weighted by molar-refractivity contribution is -0.304. The van der Waals surface area contributed by atoms with E-state index in [0.29, 0.717) is 17.3 Å². The number of Topliss-reactive ketones (excluding diaryl/α,β-unsaturated/α-hetero) is 1. The van der Waals surface area contributed by atoms with E-state index in [1.54, 1.807) is 12.1 Å². The van der Waals surface area contributed by atoms with Crippen LogP contribution in [0.25, 0.3) is 0 Å². The molecule has 1 aliphatic rings. The topological polar surface area (TPSA) is 65.1 Å². The zero-order chi connectivity index (χ0) is 24.6. The van der Waals surface area contributed by atoms with Crippen molar-refractivity contribution in [2.45, 2.75) is 90.6 Å². The number of carbonyl (C=O) groups excluding carboxylic acids is 2. The summed E-state index contributed by atoms with van der Waals surface area (Å²) in [5, 5.41) is 0.390. The first-order valence-corrected chi connectivity index (χ1v) is 13.1. The standard InChI is InChI=1S/C27H40ClNO5/c1-3-4-5-6-7-8-9-10-11-12-13-14-17-33-34-20-22-15-16-24(28)25(18-22)29-19-26(30)23(21-32-2)27(29)31/h15-16,18,21H,3-14,17,19-20H2,1-2H3. The smallest absolute Gasteiger partial charge is 0.265 e. The Balaban J connectivity index is 1.58. The van der Waals surface area contributed by atoms with Crippen molar-refractivity contribution in [2.75, 3.05) is 25.2 Å². The zero-order valence-corrected chi connectivity index (χ0v) is 21.5. The predicted molar refractivity (Wildman–Crippen MR) is 136 cm³/mol. The molecule has 0 unspecified atom stereocenters. The molecule has 0 radical (unpaired) electrons. The number of amides is 1. The Bertz CT molecular complexity index is 795. The van der Waals surface area contributed by atoms with Crippen LogP contribution in [0.3, 0.4) is 0 Å². The molecule has 0 atom stereocenters. The number of hydrogen-bond acceptors (Lipinski definition) is 5. The summed E-state index contributed by atoms with van der Waals surface area (Å²) in [7, 11) is 1.40. The minimum Gasteiger partial charge on any atom is -0.503 e. The van der Waals surface area contributed by atoms with Gasteiger partial charge in [-0.15, -0.1) is 0 Å². The van der Waals surface area contributed by atoms with Crippen LogP contribution in [0.15, 0.2) is 30.0 Å². The molecular weight excluding hydrogens is 454 g/mol. The number of ketones is 1. The van der Waals surface area contributed by atoms with E-state index in [0.717, 1.165) is 18.4 Å². The lowest BCUT2D eigenvalue weighted by atomic mass is 10.1. The first kappa shape index (κ1) is 28.3. The molecule has 1 aliphatic heterocycles. The van der Waals surface area contributed by atoms with Gasteiger partial charge in [-0.3, -0.25) is 14.5 Å². The van der Waals surface area contributed by atoms with E-state index in [4.69, 9.17) is 26.1 Å². The van der Waals surface area contributed by atoms with Gasteiger partial charge in [0.25, 0.3) is 5.91 Å². The van der Waals surface area contributed by atoms with Gasteiger partial charge >= 0.3 is 0 Å². The van der Waals surface area contributed by atoms with Crippen LogP contribution in [-0.4, -0.2) is 32.0 Å². The Hall–Kier alpha value is -1.89. The Kier molecular flexibility index (Phi) is 13.9. The molecule has 6 nitrogen and oxygen atoms in total. The number of anilines is 1. The van der Waals surface area contributed by atoms with Gasteiger partial charge in [0.15, 0.2) is 5.78 Å². The first-order valence-electron chi connectivity index (χ1n) is 12.7. The summed E-state index contributed by atoms with van der Waals surface area (Å²) in [6, 6.07) is 5.25. The zero-order valence-electron chi connectivity index (χ0n) is 20.8. The molecule has 0 bridgehead atoms. The van der Waals surface area contributed by atoms with Gasteiger partial charge in [-0.25, -0.2) is 9.78 Å². The number of halogens is 1. The predicted octanol–water partition coefficient (Wildman–Crippen LogP) is 6.94. The van der Waals surface area contributed by atoms with E-state index in [1.165, 1.54) is 82.5 Å². The van der Waals surface area contributed by atoms with E-state index in [-0.39, 0.29) is 24.5 Å². The number of methoxy groups -OCH3 is 1. The van der Waals surface area contributed by atoms with E-state index >= 15 is 0 Å². The SMILES string of the molecule is CCCCCCCCCCCCCCOOCc1ccc(Cl)c(N2CC(=O)C(=COC)C2=O)c1. The highest BCUT2D eigenvalue weighted by Crippen LogP contribution is 2.31. The molecule has 7 heteroatoms. The highest BCUT2D eigenvalue weighted by molar-refractivity contribution is 6.37. The number of unbranched alkanes of at least 4 members (excludes halogenated alkanes) is 11. The summed E-state index contributed by atoms with van der Waals surface area (Å²) in [4.78, 5) is 36.6. The second-order valence-corrected chi connectivity index (χ2v) is 9.25. The fraction of sp³-hybridized carbons (Fsp3) is 0.630. The van der Waals surface area contributed by atoms with E-state index in [2.05, 4.69) is 6.92 Å². The first-order chi connectivity index (χ1) is 16.6. The van der Waals surface area contributed by atoms with Crippen molar-refractivity contribution in [1.82, 2.24) is 0 Å². The highest BCUT2D eigenvalue weighted by Gasteiger charge is 2.36. The third-order valence-electron chi connectivity index (χ3n) is 6.00. The number of carbonyl (C=O) groups is 2. The third-order valence-corrected chi connectivity index (χ3v) is 6.32. The van der Waals surface area contributed by atoms with Crippen LogP contribution in [-0.2, 0) is 30.7 Å². The fourth-order valence-electron chi connectivity index (χ4n) is 4.02. The molecule has 2 rings (SSSR count). The van der Waals surface area contributed by atoms with Crippen LogP contribution in [0.2, 0.25) is 5.02 Å². The van der Waals surface area contributed by atoms with Crippen LogP contribution >= 0.6 is 11.6 Å². The van der Waals surface area contributed by atoms with Crippen molar-refractivity contribution in [3.8, 4) is 0 Å². The molecule has 1 aromatic carbocycles. The van der Waals surface area contributed by atoms with E-state index in [1.807, 2.05) is 6.07 Å². The van der Waals surface area contributed by atoms with Gasteiger partial charge in [0.05, 0.1) is 37.2 Å². The van der Waals surface area contributed by atoms with Crippen LogP contribution in [0.5, 0.6) is 0 Å². The van der Waals surface area contributed by atoms with Crippen molar-refractivity contribution in [3.63, 3.8) is 0 Å². The van der Waals surface area contributed by atoms with Gasteiger partial charge in [0, 0.05) is 0 Å². The molecule has 1 aromatic rings. The van der Waals surface area contributed by atoms with Crippen LogP contribution in [0, 0.1) is 0 Å². The van der Waals surface area contributed by atoms with Gasteiger partial charge in [0.1, 0.15) is 12.2 Å². The second-order valence-electron chi connectivity index (χ2n) is 8.84. The fourth-order valence-corrected chi connectivity index (χ4v) is 4.24. The quantitative estimate of drug-likeness (QED) is 0.0553. The molecule has 0 aromatic heterocycles. The molecule has 1 amide bonds. The Morgan fingerprint density at radius 1 is 0.912 bits per heavy atom. The van der Waals surface area contributed by atoms with Crippen LogP contribution in [0.4, 0.5) is 5.69 Å². The normalized spacial score (nSPS) is 15.0. The molecule has 0 N–H and O–H groups in total. The van der Waals surface area contributed by atoms with Gasteiger partial charge in [-0.05, 0) is 24.1 Å². The summed E-state index contributed by atoms with van der Waals surface area (Å²) >= 11 is 6.28. The largest absolute Gasteiger partial charge is 0.503 e. The molecule has 1 fully saturated rings. The Morgan fingerprint density at radius 2 is 1.53 bits per heavy atom. The second kappa shape index (κ2) is 16.7. The number of rotatable bonds is 18. The van der Waals surface area contributed by atoms with Crippen molar-refractivity contribution in [2.24, 2.45) is 0 Å². The summed E-state index contributed by atoms with van der Waals surface area (Å²) in [5.41, 5.74) is 1.30. The number of nitrogens with zero attached hydrogens (tertiary/aromatic N) is 1. The van der Waals surface area contributed by atoms with Gasteiger partial charge in [0.2, 0.25) is 0 Å². The molecule has 0 aliphatic carbocycles. The molecule has 34 heavy (non-hydrogen) atoms. The molecule has 0 saturated carbocycles. The molecular formula is C27H40ClNO5. The maximum Gasteiger partial charge on any atom is 0.265 e. The molecule has 1 saturated heterocycles. The molecule has 190 valence electrons. The van der Waals surface area contributed by atoms with Crippen molar-refractivity contribution in [3.05, 3.63) is 40.6 Å². The van der Waals surface area contributed by atoms with Crippen LogP contribution < -0.4 is 4.90 Å². The lowest BCUT2D eigenvalue weighted by Gasteiger charge is -2.17. The minimum absolute atomic E-state index is 0.0194. The molecule has 1 heterocycles. The Morgan fingerprint density at radius 3 is 2.15 bits per heavy atom. The maximum absolute atomic E-state index is 12.5. The average molecular weight is 494 g/mol. The van der Waals surface area contributed by atoms with Gasteiger partial charge < -0.3 is 4.74 Å². The van der Waals surface area contributed by atoms with Crippen molar-refractivity contribution < 1.29 is 24.1 Å². The summed E-state index contributed by atoms with van der Waals surface area (Å²) < 4.78 is 4.84. The van der Waals surface area contributed by atoms with E-state index in [9.17, 15) is 9.59 Å². The number of hydrogen-bond donors (Lipinski definition) is 0. The number of ether oxygens (including phenoxy) is 1.